The van der Waals surface area contributed by atoms with Gasteiger partial charge in [0.2, 0.25) is 11.8 Å². The summed E-state index contributed by atoms with van der Waals surface area (Å²) < 4.78 is 12.0. The number of carbonyl (C=O) groups excluding carboxylic acids is 5. The quantitative estimate of drug-likeness (QED) is 0.0462. The number of amides is 5. The van der Waals surface area contributed by atoms with Crippen molar-refractivity contribution in [1.82, 2.24) is 26.2 Å². The van der Waals surface area contributed by atoms with E-state index in [1.54, 1.807) is 83.1 Å². The lowest BCUT2D eigenvalue weighted by molar-refractivity contribution is -0.164. The third kappa shape index (κ3) is 18.1. The first-order valence-electron chi connectivity index (χ1n) is 21.9. The fourth-order valence-corrected chi connectivity index (χ4v) is 8.50. The molecule has 0 unspecified atom stereocenters. The minimum Gasteiger partial charge on any atom is -0.481 e. The van der Waals surface area contributed by atoms with Gasteiger partial charge in [-0.1, -0.05) is 32.9 Å². The van der Waals surface area contributed by atoms with Gasteiger partial charge in [0.1, 0.15) is 28.8 Å². The van der Waals surface area contributed by atoms with Crippen molar-refractivity contribution >= 4 is 64.4 Å². The van der Waals surface area contributed by atoms with Gasteiger partial charge in [0, 0.05) is 41.0 Å². The second kappa shape index (κ2) is 23.2. The van der Waals surface area contributed by atoms with Crippen LogP contribution in [0.1, 0.15) is 146 Å². The van der Waals surface area contributed by atoms with Gasteiger partial charge in [-0.15, -0.1) is 0 Å². The number of nitrogens with one attached hydrogen (secondary N) is 4. The summed E-state index contributed by atoms with van der Waals surface area (Å²) in [6, 6.07) is 4.75. The number of unbranched alkanes of at least 4 members (excludes halogenated alkanes) is 1. The first-order chi connectivity index (χ1) is 28.9. The van der Waals surface area contributed by atoms with Crippen LogP contribution in [0.4, 0.5) is 9.59 Å². The van der Waals surface area contributed by atoms with Gasteiger partial charge in [-0.3, -0.25) is 14.4 Å². The smallest absolute Gasteiger partial charge is 0.407 e. The van der Waals surface area contributed by atoms with Gasteiger partial charge >= 0.3 is 30.0 Å². The average Bonchev–Trinajstić information content (AvgIpc) is 3.12. The van der Waals surface area contributed by atoms with Gasteiger partial charge in [0.15, 0.2) is 0 Å². The van der Waals surface area contributed by atoms with Gasteiger partial charge in [-0.25, -0.2) is 19.2 Å². The van der Waals surface area contributed by atoms with E-state index in [2.05, 4.69) is 43.9 Å². The molecule has 1 aromatic rings. The molecular formula is C46H74IN5O11. The molecule has 0 bridgehead atoms. The Labute approximate surface area is 387 Å². The molecule has 0 aromatic heterocycles. The first kappa shape index (κ1) is 55.0. The Kier molecular flexibility index (Phi) is 20.2. The zero-order chi connectivity index (χ0) is 48.1. The average molecular weight is 1000 g/mol. The maximum absolute atomic E-state index is 14.3. The molecular weight excluding hydrogens is 925 g/mol. The number of ether oxygens (including phenoxy) is 2. The van der Waals surface area contributed by atoms with Gasteiger partial charge in [0.25, 0.3) is 0 Å². The topological polar surface area (TPSA) is 230 Å². The number of halogens is 1. The molecule has 2 rings (SSSR count). The lowest BCUT2D eigenvalue weighted by Gasteiger charge is -2.54. The van der Waals surface area contributed by atoms with Crippen molar-refractivity contribution in [2.45, 2.75) is 182 Å². The van der Waals surface area contributed by atoms with Crippen LogP contribution in [0.25, 0.3) is 0 Å². The Morgan fingerprint density at radius 3 is 1.90 bits per heavy atom. The van der Waals surface area contributed by atoms with Crippen molar-refractivity contribution in [2.75, 3.05) is 13.1 Å². The van der Waals surface area contributed by atoms with Gasteiger partial charge < -0.3 is 45.9 Å². The number of carbonyl (C=O) groups is 7. The summed E-state index contributed by atoms with van der Waals surface area (Å²) >= 11 is 2.20. The van der Waals surface area contributed by atoms with E-state index in [0.29, 0.717) is 32.2 Å². The molecule has 0 saturated heterocycles. The summed E-state index contributed by atoms with van der Waals surface area (Å²) in [6.45, 7) is 21.0. The standard InChI is InChI=1S/C46H74IN5O11/c1-42(2,3)46(39(58)59,24-23-35(53)54)52(43(4,5)6)40(60)51-33(38(57)62-44(7,8)9)18-13-14-25-48-37(56)34(27-30-16-15-17-32(47)26-30)50-36(55)31-21-19-29(20-22-31)28-49-41(61)63-45(10,11)12/h15-17,26,29,31,33-34H,13-14,18-25,27-28H2,1-12H3,(H,48,56)(H,49,61)(H,50,55)(H,51,60)(H,53,54)(H,58,59)/t29?,31?,33-,34-,46-/m0/s1. The number of benzene rings is 1. The Morgan fingerprint density at radius 2 is 1.40 bits per heavy atom. The van der Waals surface area contributed by atoms with E-state index < -0.39 is 76.2 Å². The summed E-state index contributed by atoms with van der Waals surface area (Å²) in [4.78, 5) is 93.5. The molecule has 1 fully saturated rings. The Balaban J connectivity index is 2.20. The van der Waals surface area contributed by atoms with Crippen LogP contribution in [-0.2, 0) is 39.9 Å². The fraction of sp³-hybridized carbons (Fsp3) is 0.717. The van der Waals surface area contributed by atoms with Crippen LogP contribution in [0, 0.1) is 20.8 Å². The Hall–Kier alpha value is -4.16. The zero-order valence-corrected chi connectivity index (χ0v) is 41.7. The van der Waals surface area contributed by atoms with Crippen molar-refractivity contribution in [3.05, 3.63) is 33.4 Å². The highest BCUT2D eigenvalue weighted by Crippen LogP contribution is 2.44. The van der Waals surface area contributed by atoms with Gasteiger partial charge in [-0.05, 0) is 165 Å². The van der Waals surface area contributed by atoms with E-state index in [0.717, 1.165) is 26.9 Å². The molecule has 3 atom stereocenters. The number of esters is 1. The van der Waals surface area contributed by atoms with E-state index in [9.17, 15) is 43.8 Å². The van der Waals surface area contributed by atoms with Crippen molar-refractivity contribution in [3.8, 4) is 0 Å². The molecule has 63 heavy (non-hydrogen) atoms. The molecule has 1 aliphatic carbocycles. The molecule has 1 saturated carbocycles. The number of hydrogen-bond donors (Lipinski definition) is 6. The number of carboxylic acids is 2. The Morgan fingerprint density at radius 1 is 0.794 bits per heavy atom. The largest absolute Gasteiger partial charge is 0.481 e. The Bertz CT molecular complexity index is 1750. The number of carboxylic acid groups (broad SMARTS) is 2. The molecule has 356 valence electrons. The van der Waals surface area contributed by atoms with Gasteiger partial charge in [0.05, 0.1) is 0 Å². The number of nitrogens with zero attached hydrogens (tertiary/aromatic N) is 1. The molecule has 0 aliphatic heterocycles. The van der Waals surface area contributed by atoms with E-state index in [-0.39, 0.29) is 49.5 Å². The fourth-order valence-electron chi connectivity index (χ4n) is 7.90. The predicted octanol–water partition coefficient (Wildman–Crippen LogP) is 7.19. The van der Waals surface area contributed by atoms with Gasteiger partial charge in [-0.2, -0.15) is 0 Å². The van der Waals surface area contributed by atoms with Crippen LogP contribution in [0.3, 0.4) is 0 Å². The van der Waals surface area contributed by atoms with Crippen LogP contribution < -0.4 is 21.3 Å². The van der Waals surface area contributed by atoms with Crippen molar-refractivity contribution in [2.24, 2.45) is 17.3 Å². The molecule has 0 spiro atoms. The third-order valence-corrected chi connectivity index (χ3v) is 11.5. The monoisotopic (exact) mass is 999 g/mol. The molecule has 17 heteroatoms. The zero-order valence-electron chi connectivity index (χ0n) is 39.5. The van der Waals surface area contributed by atoms with Crippen LogP contribution in [0.15, 0.2) is 24.3 Å². The second-order valence-electron chi connectivity index (χ2n) is 20.6. The van der Waals surface area contributed by atoms with Crippen LogP contribution in [-0.4, -0.2) is 104 Å². The molecule has 1 aromatic carbocycles. The van der Waals surface area contributed by atoms with Crippen LogP contribution in [0.2, 0.25) is 0 Å². The minimum atomic E-state index is -1.99. The van der Waals surface area contributed by atoms with Crippen molar-refractivity contribution < 1.29 is 53.2 Å². The second-order valence-corrected chi connectivity index (χ2v) is 21.9. The summed E-state index contributed by atoms with van der Waals surface area (Å²) in [5.41, 5.74) is -4.90. The third-order valence-electron chi connectivity index (χ3n) is 10.9. The van der Waals surface area contributed by atoms with Crippen LogP contribution >= 0.6 is 22.6 Å². The normalized spacial score (nSPS) is 17.8. The SMILES string of the molecule is CC(C)(C)OC(=O)NCC1CCC(C(=O)N[C@@H](Cc2cccc(I)c2)C(=O)NCCCC[C@H](NC(=O)N(C(C)(C)C)[C@@](CCC(=O)O)(C(=O)O)C(C)(C)C)C(=O)OC(C)(C)C)CC1. The predicted molar refractivity (Wildman–Crippen MR) is 248 cm³/mol. The number of alkyl carbamates (subject to hydrolysis) is 1. The van der Waals surface area contributed by atoms with Crippen molar-refractivity contribution in [1.29, 1.82) is 0 Å². The van der Waals surface area contributed by atoms with Crippen LogP contribution in [0.5, 0.6) is 0 Å². The maximum Gasteiger partial charge on any atom is 0.407 e. The maximum atomic E-state index is 14.3. The number of aliphatic carboxylic acids is 2. The highest BCUT2D eigenvalue weighted by atomic mass is 127. The molecule has 1 aliphatic rings. The summed E-state index contributed by atoms with van der Waals surface area (Å²) in [6.07, 6.45) is 2.40. The van der Waals surface area contributed by atoms with Crippen molar-refractivity contribution in [3.63, 3.8) is 0 Å². The van der Waals surface area contributed by atoms with E-state index >= 15 is 0 Å². The number of rotatable bonds is 19. The molecule has 5 amide bonds. The lowest BCUT2D eigenvalue weighted by Crippen LogP contribution is -2.71. The lowest BCUT2D eigenvalue weighted by atomic mass is 9.68. The number of urea groups is 1. The summed E-state index contributed by atoms with van der Waals surface area (Å²) in [5, 5.41) is 31.8. The highest BCUT2D eigenvalue weighted by molar-refractivity contribution is 14.1. The molecule has 0 radical (unpaired) electrons. The van der Waals surface area contributed by atoms with E-state index in [1.165, 1.54) is 0 Å². The summed E-state index contributed by atoms with van der Waals surface area (Å²) in [5.74, 6) is -3.98. The molecule has 0 heterocycles. The first-order valence-corrected chi connectivity index (χ1v) is 23.0. The molecule has 16 nitrogen and oxygen atoms in total. The number of hydrogen-bond acceptors (Lipinski definition) is 9. The minimum absolute atomic E-state index is 0.0812. The van der Waals surface area contributed by atoms with E-state index in [1.807, 2.05) is 24.3 Å². The van der Waals surface area contributed by atoms with E-state index in [4.69, 9.17) is 9.47 Å². The summed E-state index contributed by atoms with van der Waals surface area (Å²) in [7, 11) is 0. The molecule has 6 N–H and O–H groups in total. The highest BCUT2D eigenvalue weighted by Gasteiger charge is 2.58.